The van der Waals surface area contributed by atoms with Crippen molar-refractivity contribution in [2.45, 2.75) is 6.92 Å². The van der Waals surface area contributed by atoms with Gasteiger partial charge in [0.05, 0.1) is 0 Å². The van der Waals surface area contributed by atoms with Gasteiger partial charge in [0.15, 0.2) is 0 Å². The van der Waals surface area contributed by atoms with Gasteiger partial charge in [-0.15, -0.1) is 0 Å². The van der Waals surface area contributed by atoms with E-state index in [0.29, 0.717) is 17.8 Å². The zero-order chi connectivity index (χ0) is 15.2. The number of hydrogen-bond acceptors (Lipinski definition) is 3. The second-order valence-electron chi connectivity index (χ2n) is 4.24. The molecule has 0 unspecified atom stereocenters. The van der Waals surface area contributed by atoms with Crippen LogP contribution in [0.5, 0.6) is 0 Å². The number of nitrogens with zero attached hydrogens (tertiary/aromatic N) is 1. The summed E-state index contributed by atoms with van der Waals surface area (Å²) < 4.78 is 13.0. The topological polar surface area (TPSA) is 71.1 Å². The number of carbonyl (C=O) groups is 2. The minimum Gasteiger partial charge on any atom is -0.352 e. The predicted octanol–water partition coefficient (Wildman–Crippen LogP) is 2.22. The lowest BCUT2D eigenvalue weighted by atomic mass is 10.2. The third-order valence-corrected chi connectivity index (χ3v) is 2.67. The van der Waals surface area contributed by atoms with Crippen LogP contribution in [0.25, 0.3) is 0 Å². The molecule has 0 aliphatic heterocycles. The molecule has 1 aromatic heterocycles. The Kier molecular flexibility index (Phi) is 4.61. The Bertz CT molecular complexity index is 673. The fourth-order valence-corrected chi connectivity index (χ4v) is 1.73. The molecular weight excluding hydrogens is 273 g/mol. The van der Waals surface area contributed by atoms with E-state index < -0.39 is 11.9 Å². The first kappa shape index (κ1) is 14.6. The summed E-state index contributed by atoms with van der Waals surface area (Å²) in [5, 5.41) is 5.24. The van der Waals surface area contributed by atoms with Crippen LogP contribution in [-0.2, 0) is 0 Å². The van der Waals surface area contributed by atoms with Gasteiger partial charge in [0.25, 0.3) is 11.8 Å². The summed E-state index contributed by atoms with van der Waals surface area (Å²) in [6.07, 6.45) is 0. The zero-order valence-corrected chi connectivity index (χ0v) is 11.4. The number of anilines is 1. The third-order valence-electron chi connectivity index (χ3n) is 2.67. The van der Waals surface area contributed by atoms with Gasteiger partial charge < -0.3 is 10.6 Å². The van der Waals surface area contributed by atoms with Crippen molar-refractivity contribution in [1.29, 1.82) is 0 Å². The fraction of sp³-hybridized carbons (Fsp3) is 0.133. The Balaban J connectivity index is 2.14. The number of aromatic nitrogens is 1. The number of pyridine rings is 1. The van der Waals surface area contributed by atoms with Crippen molar-refractivity contribution in [2.75, 3.05) is 11.9 Å². The molecule has 5 nitrogen and oxygen atoms in total. The van der Waals surface area contributed by atoms with E-state index in [1.807, 2.05) is 6.92 Å². The van der Waals surface area contributed by atoms with Crippen LogP contribution < -0.4 is 10.6 Å². The summed E-state index contributed by atoms with van der Waals surface area (Å²) in [4.78, 5) is 27.1. The lowest BCUT2D eigenvalue weighted by molar-refractivity contribution is 0.0954. The summed E-state index contributed by atoms with van der Waals surface area (Å²) in [6.45, 7) is 2.34. The fourth-order valence-electron chi connectivity index (χ4n) is 1.73. The maximum atomic E-state index is 13.0. The van der Waals surface area contributed by atoms with E-state index in [2.05, 4.69) is 15.6 Å². The van der Waals surface area contributed by atoms with Gasteiger partial charge in [-0.25, -0.2) is 4.98 Å². The van der Waals surface area contributed by atoms with Crippen LogP contribution in [0.2, 0.25) is 0 Å². The number of rotatable bonds is 4. The average molecular weight is 287 g/mol. The summed E-state index contributed by atoms with van der Waals surface area (Å²) in [5.74, 6) is -1.49. The molecule has 0 bridgehead atoms. The van der Waals surface area contributed by atoms with Crippen molar-refractivity contribution >= 4 is 17.5 Å². The number of halogens is 1. The van der Waals surface area contributed by atoms with E-state index in [4.69, 9.17) is 0 Å². The van der Waals surface area contributed by atoms with Crippen LogP contribution in [-0.4, -0.2) is 23.3 Å². The highest BCUT2D eigenvalue weighted by Crippen LogP contribution is 2.12. The summed E-state index contributed by atoms with van der Waals surface area (Å²) in [5.41, 5.74) is 0.843. The lowest BCUT2D eigenvalue weighted by Crippen LogP contribution is -2.22. The summed E-state index contributed by atoms with van der Waals surface area (Å²) in [7, 11) is 0. The van der Waals surface area contributed by atoms with Crippen molar-refractivity contribution in [3.63, 3.8) is 0 Å². The molecule has 1 heterocycles. The summed E-state index contributed by atoms with van der Waals surface area (Å²) >= 11 is 0. The van der Waals surface area contributed by atoms with Gasteiger partial charge in [0.2, 0.25) is 5.95 Å². The Morgan fingerprint density at radius 1 is 1.14 bits per heavy atom. The van der Waals surface area contributed by atoms with Gasteiger partial charge >= 0.3 is 0 Å². The molecule has 0 spiro atoms. The van der Waals surface area contributed by atoms with Crippen LogP contribution in [0, 0.1) is 5.95 Å². The number of amides is 2. The Hall–Kier alpha value is -2.76. The third kappa shape index (κ3) is 3.85. The molecule has 108 valence electrons. The first-order chi connectivity index (χ1) is 10.1. The first-order valence-electron chi connectivity index (χ1n) is 6.42. The molecule has 0 aliphatic carbocycles. The Morgan fingerprint density at radius 3 is 2.62 bits per heavy atom. The molecule has 2 amide bonds. The molecule has 0 fully saturated rings. The second-order valence-corrected chi connectivity index (χ2v) is 4.24. The molecule has 6 heteroatoms. The summed E-state index contributed by atoms with van der Waals surface area (Å²) in [6, 6.07) is 10.4. The van der Waals surface area contributed by atoms with Gasteiger partial charge in [0.1, 0.15) is 5.69 Å². The molecule has 0 radical (unpaired) electrons. The van der Waals surface area contributed by atoms with Gasteiger partial charge in [-0.2, -0.15) is 4.39 Å². The normalized spacial score (nSPS) is 10.0. The lowest BCUT2D eigenvalue weighted by Gasteiger charge is -2.07. The average Bonchev–Trinajstić information content (AvgIpc) is 2.48. The molecule has 1 aromatic carbocycles. The van der Waals surface area contributed by atoms with Gasteiger partial charge in [-0.05, 0) is 37.3 Å². The van der Waals surface area contributed by atoms with Crippen LogP contribution in [0.4, 0.5) is 10.1 Å². The van der Waals surface area contributed by atoms with Gasteiger partial charge in [-0.1, -0.05) is 12.1 Å². The van der Waals surface area contributed by atoms with E-state index >= 15 is 0 Å². The highest BCUT2D eigenvalue weighted by Gasteiger charge is 2.10. The maximum Gasteiger partial charge on any atom is 0.274 e. The van der Waals surface area contributed by atoms with E-state index in [1.54, 1.807) is 24.3 Å². The highest BCUT2D eigenvalue weighted by atomic mass is 19.1. The quantitative estimate of drug-likeness (QED) is 0.847. The first-order valence-corrected chi connectivity index (χ1v) is 6.42. The van der Waals surface area contributed by atoms with Crippen LogP contribution in [0.3, 0.4) is 0 Å². The molecular formula is C15H14FN3O2. The number of benzene rings is 1. The maximum absolute atomic E-state index is 13.0. The van der Waals surface area contributed by atoms with Gasteiger partial charge in [0, 0.05) is 17.8 Å². The molecule has 2 N–H and O–H groups in total. The van der Waals surface area contributed by atoms with E-state index in [-0.39, 0.29) is 11.6 Å². The smallest absolute Gasteiger partial charge is 0.274 e. The van der Waals surface area contributed by atoms with E-state index in [1.165, 1.54) is 12.1 Å². The van der Waals surface area contributed by atoms with Crippen molar-refractivity contribution in [2.24, 2.45) is 0 Å². The van der Waals surface area contributed by atoms with Gasteiger partial charge in [-0.3, -0.25) is 9.59 Å². The molecule has 0 aliphatic rings. The number of nitrogens with one attached hydrogen (secondary N) is 2. The largest absolute Gasteiger partial charge is 0.352 e. The predicted molar refractivity (Wildman–Crippen MR) is 76.6 cm³/mol. The minimum atomic E-state index is -0.723. The van der Waals surface area contributed by atoms with Crippen molar-refractivity contribution in [3.8, 4) is 0 Å². The zero-order valence-electron chi connectivity index (χ0n) is 11.4. The molecule has 2 rings (SSSR count). The number of carbonyl (C=O) groups excluding carboxylic acids is 2. The number of hydrogen-bond donors (Lipinski definition) is 2. The molecule has 0 saturated carbocycles. The van der Waals surface area contributed by atoms with Crippen LogP contribution in [0.1, 0.15) is 27.8 Å². The standard InChI is InChI=1S/C15H14FN3O2/c1-2-17-14(20)10-5-3-6-11(9-10)18-15(21)12-7-4-8-13(16)19-12/h3-9H,2H2,1H3,(H,17,20)(H,18,21). The molecule has 21 heavy (non-hydrogen) atoms. The van der Waals surface area contributed by atoms with E-state index in [0.717, 1.165) is 6.07 Å². The van der Waals surface area contributed by atoms with E-state index in [9.17, 15) is 14.0 Å². The molecule has 0 atom stereocenters. The Labute approximate surface area is 121 Å². The molecule has 0 saturated heterocycles. The highest BCUT2D eigenvalue weighted by molar-refractivity contribution is 6.03. The minimum absolute atomic E-state index is 0.0292. The SMILES string of the molecule is CCNC(=O)c1cccc(NC(=O)c2cccc(F)n2)c1. The van der Waals surface area contributed by atoms with Crippen molar-refractivity contribution in [1.82, 2.24) is 10.3 Å². The Morgan fingerprint density at radius 2 is 1.90 bits per heavy atom. The second kappa shape index (κ2) is 6.60. The molecule has 2 aromatic rings. The van der Waals surface area contributed by atoms with Crippen LogP contribution >= 0.6 is 0 Å². The van der Waals surface area contributed by atoms with Crippen molar-refractivity contribution < 1.29 is 14.0 Å². The monoisotopic (exact) mass is 287 g/mol. The van der Waals surface area contributed by atoms with Crippen LogP contribution in [0.15, 0.2) is 42.5 Å². The van der Waals surface area contributed by atoms with Crippen molar-refractivity contribution in [3.05, 3.63) is 59.7 Å².